The van der Waals surface area contributed by atoms with Gasteiger partial charge in [-0.15, -0.1) is 13.2 Å². The molecule has 0 aliphatic heterocycles. The van der Waals surface area contributed by atoms with Crippen molar-refractivity contribution in [1.29, 1.82) is 0 Å². The van der Waals surface area contributed by atoms with Gasteiger partial charge in [0.15, 0.2) is 6.10 Å². The van der Waals surface area contributed by atoms with Crippen LogP contribution < -0.4 is 9.64 Å². The van der Waals surface area contributed by atoms with Gasteiger partial charge in [0.25, 0.3) is 0 Å². The highest BCUT2D eigenvalue weighted by Gasteiger charge is 2.39. The fraction of sp³-hybridized carbons (Fsp3) is 0.294. The smallest absolute Gasteiger partial charge is 0.406 e. The Morgan fingerprint density at radius 3 is 2.11 bits per heavy atom. The lowest BCUT2D eigenvalue weighted by atomic mass is 10.1. The Kier molecular flexibility index (Phi) is 6.19. The summed E-state index contributed by atoms with van der Waals surface area (Å²) in [5.74, 6) is -1.17. The van der Waals surface area contributed by atoms with Crippen molar-refractivity contribution in [3.05, 3.63) is 59.9 Å². The fourth-order valence-electron chi connectivity index (χ4n) is 2.26. The number of hydrogen-bond acceptors (Lipinski definition) is 3. The lowest BCUT2D eigenvalue weighted by Crippen LogP contribution is -2.40. The molecule has 1 N–H and O–H groups in total. The number of rotatable bonds is 6. The molecule has 0 heterocycles. The lowest BCUT2D eigenvalue weighted by Gasteiger charge is -2.28. The number of anilines is 1. The molecule has 2 aromatic carbocycles. The highest BCUT2D eigenvalue weighted by molar-refractivity contribution is 5.47. The van der Waals surface area contributed by atoms with Crippen LogP contribution in [0.5, 0.6) is 5.75 Å². The van der Waals surface area contributed by atoms with E-state index in [0.717, 1.165) is 29.2 Å². The van der Waals surface area contributed by atoms with Gasteiger partial charge in [0.1, 0.15) is 11.6 Å². The molecule has 0 saturated heterocycles. The summed E-state index contributed by atoms with van der Waals surface area (Å²) in [5.41, 5.74) is 0.414. The van der Waals surface area contributed by atoms with Gasteiger partial charge in [0.05, 0.1) is 6.54 Å². The maximum atomic E-state index is 13.4. The molecule has 0 aliphatic carbocycles. The summed E-state index contributed by atoms with van der Waals surface area (Å²) in [5, 5.41) is 9.33. The van der Waals surface area contributed by atoms with E-state index in [1.165, 1.54) is 24.3 Å². The molecule has 1 unspecified atom stereocenters. The monoisotopic (exact) mass is 397 g/mol. The second-order valence-corrected chi connectivity index (χ2v) is 5.61. The van der Waals surface area contributed by atoms with E-state index in [4.69, 9.17) is 0 Å². The van der Waals surface area contributed by atoms with Crippen molar-refractivity contribution < 1.29 is 40.6 Å². The van der Waals surface area contributed by atoms with Crippen molar-refractivity contribution >= 4 is 5.69 Å². The number of aliphatic hydroxyl groups is 1. The van der Waals surface area contributed by atoms with E-state index in [0.29, 0.717) is 5.56 Å². The maximum absolute atomic E-state index is 13.4. The standard InChI is InChI=1S/C17H14F7NO2/c18-12-2-1-3-13(8-12)25(10-15(26)16(19,20)21)9-11-4-6-14(7-5-11)27-17(22,23)24/h1-8,15,26H,9-10H2. The van der Waals surface area contributed by atoms with Gasteiger partial charge in [0, 0.05) is 12.2 Å². The first-order chi connectivity index (χ1) is 12.4. The number of ether oxygens (including phenoxy) is 1. The molecule has 2 rings (SSSR count). The van der Waals surface area contributed by atoms with Gasteiger partial charge in [-0.05, 0) is 35.9 Å². The number of halogens is 7. The number of nitrogens with zero attached hydrogens (tertiary/aromatic N) is 1. The Balaban J connectivity index is 2.21. The second kappa shape index (κ2) is 8.03. The summed E-state index contributed by atoms with van der Waals surface area (Å²) >= 11 is 0. The molecule has 0 bridgehead atoms. The van der Waals surface area contributed by atoms with Crippen molar-refractivity contribution in [2.75, 3.05) is 11.4 Å². The van der Waals surface area contributed by atoms with E-state index in [1.807, 2.05) is 0 Å². The zero-order valence-corrected chi connectivity index (χ0v) is 13.6. The van der Waals surface area contributed by atoms with Crippen LogP contribution >= 0.6 is 0 Å². The van der Waals surface area contributed by atoms with Crippen LogP contribution in [0.3, 0.4) is 0 Å². The second-order valence-electron chi connectivity index (χ2n) is 5.61. The van der Waals surface area contributed by atoms with Crippen molar-refractivity contribution in [2.24, 2.45) is 0 Å². The van der Waals surface area contributed by atoms with E-state index in [-0.39, 0.29) is 12.2 Å². The van der Waals surface area contributed by atoms with E-state index in [1.54, 1.807) is 0 Å². The summed E-state index contributed by atoms with van der Waals surface area (Å²) in [6, 6.07) is 9.21. The molecular formula is C17H14F7NO2. The number of hydrogen-bond donors (Lipinski definition) is 1. The molecule has 148 valence electrons. The Labute approximate surface area is 149 Å². The van der Waals surface area contributed by atoms with Crippen LogP contribution in [0.15, 0.2) is 48.5 Å². The van der Waals surface area contributed by atoms with Gasteiger partial charge in [-0.3, -0.25) is 0 Å². The van der Waals surface area contributed by atoms with E-state index in [2.05, 4.69) is 4.74 Å². The third-order valence-corrected chi connectivity index (χ3v) is 3.47. The summed E-state index contributed by atoms with van der Waals surface area (Å²) in [6.45, 7) is -1.09. The van der Waals surface area contributed by atoms with Gasteiger partial charge in [-0.1, -0.05) is 18.2 Å². The minimum atomic E-state index is -4.88. The Morgan fingerprint density at radius 2 is 1.59 bits per heavy atom. The molecule has 0 spiro atoms. The van der Waals surface area contributed by atoms with Gasteiger partial charge >= 0.3 is 12.5 Å². The third-order valence-electron chi connectivity index (χ3n) is 3.47. The van der Waals surface area contributed by atoms with Crippen molar-refractivity contribution in [1.82, 2.24) is 0 Å². The quantitative estimate of drug-likeness (QED) is 0.721. The number of alkyl halides is 6. The molecule has 0 fully saturated rings. The van der Waals surface area contributed by atoms with Crippen LogP contribution in [0.25, 0.3) is 0 Å². The van der Waals surface area contributed by atoms with Crippen molar-refractivity contribution in [2.45, 2.75) is 25.2 Å². The maximum Gasteiger partial charge on any atom is 0.573 e. The molecule has 1 atom stereocenters. The molecule has 0 aromatic heterocycles. The molecule has 2 aromatic rings. The van der Waals surface area contributed by atoms with Crippen molar-refractivity contribution in [3.8, 4) is 5.75 Å². The van der Waals surface area contributed by atoms with Crippen LogP contribution in [0.2, 0.25) is 0 Å². The van der Waals surface area contributed by atoms with Gasteiger partial charge in [-0.25, -0.2) is 4.39 Å². The van der Waals surface area contributed by atoms with Crippen molar-refractivity contribution in [3.63, 3.8) is 0 Å². The minimum Gasteiger partial charge on any atom is -0.406 e. The van der Waals surface area contributed by atoms with Crippen LogP contribution in [0.1, 0.15) is 5.56 Å². The fourth-order valence-corrected chi connectivity index (χ4v) is 2.26. The topological polar surface area (TPSA) is 32.7 Å². The summed E-state index contributed by atoms with van der Waals surface area (Å²) in [4.78, 5) is 1.07. The molecule has 0 radical (unpaired) electrons. The first kappa shape index (κ1) is 20.8. The zero-order valence-electron chi connectivity index (χ0n) is 13.6. The predicted octanol–water partition coefficient (Wildman–Crippen LogP) is 4.65. The highest BCUT2D eigenvalue weighted by atomic mass is 19.4. The number of aliphatic hydroxyl groups excluding tert-OH is 1. The minimum absolute atomic E-state index is 0.0777. The summed E-state index contributed by atoms with van der Waals surface area (Å²) < 4.78 is 91.7. The van der Waals surface area contributed by atoms with E-state index < -0.39 is 36.8 Å². The largest absolute Gasteiger partial charge is 0.573 e. The average Bonchev–Trinajstić information content (AvgIpc) is 2.53. The van der Waals surface area contributed by atoms with Crippen LogP contribution in [-0.2, 0) is 6.54 Å². The number of benzene rings is 2. The molecule has 3 nitrogen and oxygen atoms in total. The molecule has 27 heavy (non-hydrogen) atoms. The van der Waals surface area contributed by atoms with Crippen LogP contribution in [-0.4, -0.2) is 30.3 Å². The molecule has 10 heteroatoms. The van der Waals surface area contributed by atoms with Crippen LogP contribution in [0.4, 0.5) is 36.4 Å². The average molecular weight is 397 g/mol. The third kappa shape index (κ3) is 6.63. The van der Waals surface area contributed by atoms with E-state index in [9.17, 15) is 35.8 Å². The first-order valence-corrected chi connectivity index (χ1v) is 7.54. The molecular weight excluding hydrogens is 383 g/mol. The Bertz CT molecular complexity index is 744. The van der Waals surface area contributed by atoms with E-state index >= 15 is 0 Å². The highest BCUT2D eigenvalue weighted by Crippen LogP contribution is 2.26. The molecule has 0 saturated carbocycles. The zero-order chi connectivity index (χ0) is 20.2. The lowest BCUT2D eigenvalue weighted by molar-refractivity contribution is -0.274. The van der Waals surface area contributed by atoms with Gasteiger partial charge in [0.2, 0.25) is 0 Å². The van der Waals surface area contributed by atoms with Gasteiger partial charge < -0.3 is 14.7 Å². The molecule has 0 amide bonds. The summed E-state index contributed by atoms with van der Waals surface area (Å²) in [7, 11) is 0. The Morgan fingerprint density at radius 1 is 0.963 bits per heavy atom. The SMILES string of the molecule is OC(CN(Cc1ccc(OC(F)(F)F)cc1)c1cccc(F)c1)C(F)(F)F. The Hall–Kier alpha value is -2.49. The summed E-state index contributed by atoms with van der Waals surface area (Å²) in [6.07, 6.45) is -12.4. The predicted molar refractivity (Wildman–Crippen MR) is 82.6 cm³/mol. The van der Waals surface area contributed by atoms with Crippen LogP contribution in [0, 0.1) is 5.82 Å². The molecule has 0 aliphatic rings. The van der Waals surface area contributed by atoms with Gasteiger partial charge in [-0.2, -0.15) is 13.2 Å². The normalized spacial score (nSPS) is 13.3. The first-order valence-electron chi connectivity index (χ1n) is 7.54.